The maximum atomic E-state index is 14.5. The number of hydrogen-bond acceptors (Lipinski definition) is 5. The summed E-state index contributed by atoms with van der Waals surface area (Å²) in [5, 5.41) is 9.14. The first-order valence-corrected chi connectivity index (χ1v) is 12.7. The van der Waals surface area contributed by atoms with E-state index in [9.17, 15) is 66.7 Å². The zero-order chi connectivity index (χ0) is 35.2. The molecule has 0 saturated carbocycles. The second kappa shape index (κ2) is 14.5. The van der Waals surface area contributed by atoms with E-state index in [0.29, 0.717) is 5.56 Å². The molecule has 1 aromatic rings. The van der Waals surface area contributed by atoms with Crippen molar-refractivity contribution >= 4 is 12.1 Å². The van der Waals surface area contributed by atoms with E-state index in [1.807, 2.05) is 0 Å². The Bertz CT molecular complexity index is 1130. The smallest absolute Gasteiger partial charge is 0.460 e. The fourth-order valence-corrected chi connectivity index (χ4v) is 3.33. The third-order valence-electron chi connectivity index (χ3n) is 5.80. The molecule has 260 valence electrons. The summed E-state index contributed by atoms with van der Waals surface area (Å²) in [6.45, 7) is -1.07. The van der Waals surface area contributed by atoms with E-state index in [2.05, 4.69) is 4.74 Å². The highest BCUT2D eigenvalue weighted by Crippen LogP contribution is 2.60. The SMILES string of the molecule is CCOC(Cc1ccc(OCCN(CC(F)(F)C(F)(F)C(F)(F)C(F)(F)C(F)(F)C(F)(F)F)C(=O)OCC(C)C)cc1)C(=O)O. The van der Waals surface area contributed by atoms with Crippen molar-refractivity contribution in [2.24, 2.45) is 5.92 Å². The first kappa shape index (κ1) is 39.8. The maximum absolute atomic E-state index is 14.5. The van der Waals surface area contributed by atoms with Gasteiger partial charge in [0.05, 0.1) is 19.7 Å². The summed E-state index contributed by atoms with van der Waals surface area (Å²) < 4.78 is 190. The van der Waals surface area contributed by atoms with Crippen molar-refractivity contribution < 1.29 is 86.0 Å². The molecule has 45 heavy (non-hydrogen) atoms. The van der Waals surface area contributed by atoms with E-state index in [1.54, 1.807) is 6.92 Å². The van der Waals surface area contributed by atoms with E-state index in [1.165, 1.54) is 38.1 Å². The first-order valence-electron chi connectivity index (χ1n) is 12.7. The normalized spacial score (nSPS) is 14.3. The summed E-state index contributed by atoms with van der Waals surface area (Å²) in [5.41, 5.74) is 0.415. The van der Waals surface area contributed by atoms with Crippen LogP contribution in [0.3, 0.4) is 0 Å². The number of carbonyl (C=O) groups excluding carboxylic acids is 1. The van der Waals surface area contributed by atoms with E-state index < -0.39 is 91.1 Å². The van der Waals surface area contributed by atoms with Crippen molar-refractivity contribution in [2.75, 3.05) is 32.9 Å². The summed E-state index contributed by atoms with van der Waals surface area (Å²) in [6.07, 6.45) is -10.8. The van der Waals surface area contributed by atoms with Crippen LogP contribution in [0, 0.1) is 5.92 Å². The van der Waals surface area contributed by atoms with Gasteiger partial charge >= 0.3 is 47.9 Å². The minimum Gasteiger partial charge on any atom is -0.492 e. The Labute approximate surface area is 247 Å². The van der Waals surface area contributed by atoms with Crippen LogP contribution in [0.1, 0.15) is 26.3 Å². The van der Waals surface area contributed by atoms with Gasteiger partial charge in [-0.2, -0.15) is 57.1 Å². The van der Waals surface area contributed by atoms with Crippen LogP contribution in [0.4, 0.5) is 61.9 Å². The lowest BCUT2D eigenvalue weighted by molar-refractivity contribution is -0.440. The number of amides is 1. The van der Waals surface area contributed by atoms with E-state index in [0.717, 1.165) is 0 Å². The van der Waals surface area contributed by atoms with Crippen LogP contribution >= 0.6 is 0 Å². The van der Waals surface area contributed by atoms with Crippen LogP contribution in [0.2, 0.25) is 0 Å². The van der Waals surface area contributed by atoms with Crippen LogP contribution < -0.4 is 4.74 Å². The van der Waals surface area contributed by atoms with Crippen LogP contribution in [0.5, 0.6) is 5.75 Å². The van der Waals surface area contributed by atoms with Crippen LogP contribution in [0.25, 0.3) is 0 Å². The molecule has 0 bridgehead atoms. The number of nitrogens with zero attached hydrogens (tertiary/aromatic N) is 1. The minimum absolute atomic E-state index is 0.0827. The second-order valence-corrected chi connectivity index (χ2v) is 9.87. The van der Waals surface area contributed by atoms with Gasteiger partial charge in [0.25, 0.3) is 0 Å². The summed E-state index contributed by atoms with van der Waals surface area (Å²) in [4.78, 5) is 23.1. The van der Waals surface area contributed by atoms with Crippen LogP contribution in [-0.2, 0) is 20.7 Å². The molecule has 1 N–H and O–H groups in total. The molecule has 1 unspecified atom stereocenters. The lowest BCUT2D eigenvalue weighted by Crippen LogP contribution is -2.71. The molecular weight excluding hydrogens is 657 g/mol. The number of benzene rings is 1. The molecule has 1 aromatic carbocycles. The van der Waals surface area contributed by atoms with Crippen molar-refractivity contribution in [1.29, 1.82) is 0 Å². The molecule has 0 aromatic heterocycles. The van der Waals surface area contributed by atoms with Gasteiger partial charge in [0.2, 0.25) is 0 Å². The lowest BCUT2D eigenvalue weighted by atomic mass is 9.93. The van der Waals surface area contributed by atoms with Gasteiger partial charge in [-0.15, -0.1) is 0 Å². The highest BCUT2D eigenvalue weighted by Gasteiger charge is 2.90. The topological polar surface area (TPSA) is 85.3 Å². The molecule has 0 fully saturated rings. The molecule has 0 heterocycles. The van der Waals surface area contributed by atoms with Crippen molar-refractivity contribution in [3.63, 3.8) is 0 Å². The first-order chi connectivity index (χ1) is 20.3. The molecule has 0 saturated heterocycles. The molecule has 0 aliphatic carbocycles. The van der Waals surface area contributed by atoms with Gasteiger partial charge in [-0.3, -0.25) is 4.90 Å². The van der Waals surface area contributed by atoms with Crippen molar-refractivity contribution in [3.05, 3.63) is 29.8 Å². The summed E-state index contributed by atoms with van der Waals surface area (Å²) >= 11 is 0. The number of halogens is 13. The molecule has 1 rings (SSSR count). The molecule has 0 radical (unpaired) electrons. The number of carbonyl (C=O) groups is 2. The third-order valence-corrected chi connectivity index (χ3v) is 5.80. The Kier molecular flexibility index (Phi) is 12.8. The minimum atomic E-state index is -8.07. The average Bonchev–Trinajstić information content (AvgIpc) is 2.90. The predicted molar refractivity (Wildman–Crippen MR) is 127 cm³/mol. The number of rotatable bonds is 17. The molecule has 1 atom stereocenters. The Balaban J connectivity index is 3.21. The van der Waals surface area contributed by atoms with Crippen molar-refractivity contribution in [3.8, 4) is 5.75 Å². The zero-order valence-electron chi connectivity index (χ0n) is 23.6. The number of aliphatic carboxylic acids is 1. The Morgan fingerprint density at radius 1 is 0.822 bits per heavy atom. The Hall–Kier alpha value is -3.19. The predicted octanol–water partition coefficient (Wildman–Crippen LogP) is 6.93. The van der Waals surface area contributed by atoms with Crippen molar-refractivity contribution in [2.45, 2.75) is 69.1 Å². The van der Waals surface area contributed by atoms with Crippen LogP contribution in [-0.4, -0.2) is 96.9 Å². The summed E-state index contributed by atoms with van der Waals surface area (Å²) in [6, 6.07) is 5.11. The van der Waals surface area contributed by atoms with E-state index in [-0.39, 0.29) is 18.8 Å². The standard InChI is InChI=1S/C25H28F13NO6/c1-4-43-17(18(40)41)11-15-5-7-16(8-6-15)44-10-9-39(19(42)45-12-14(2)3)13-20(26,27)21(28,29)22(30,31)23(32,33)24(34,35)25(36,37)38/h5-8,14,17H,4,9-13H2,1-3H3,(H,40,41). The molecule has 20 heteroatoms. The number of alkyl halides is 13. The molecule has 7 nitrogen and oxygen atoms in total. The summed E-state index contributed by atoms with van der Waals surface area (Å²) in [5.74, 6) is -39.9. The Morgan fingerprint density at radius 2 is 1.33 bits per heavy atom. The van der Waals surface area contributed by atoms with Gasteiger partial charge in [-0.05, 0) is 30.5 Å². The van der Waals surface area contributed by atoms with Gasteiger partial charge in [-0.1, -0.05) is 26.0 Å². The molecule has 0 aliphatic rings. The third kappa shape index (κ3) is 8.96. The summed E-state index contributed by atoms with van der Waals surface area (Å²) in [7, 11) is 0. The quantitative estimate of drug-likeness (QED) is 0.179. The zero-order valence-corrected chi connectivity index (χ0v) is 23.6. The lowest BCUT2D eigenvalue weighted by Gasteiger charge is -2.40. The van der Waals surface area contributed by atoms with Gasteiger partial charge in [0, 0.05) is 13.0 Å². The molecule has 0 spiro atoms. The number of hydrogen-bond donors (Lipinski definition) is 1. The number of carboxylic acid groups (broad SMARTS) is 1. The van der Waals surface area contributed by atoms with Crippen molar-refractivity contribution in [1.82, 2.24) is 4.90 Å². The van der Waals surface area contributed by atoms with Gasteiger partial charge in [0.15, 0.2) is 6.10 Å². The highest BCUT2D eigenvalue weighted by atomic mass is 19.4. The highest BCUT2D eigenvalue weighted by molar-refractivity contribution is 5.72. The second-order valence-electron chi connectivity index (χ2n) is 9.87. The fraction of sp³-hybridized carbons (Fsp3) is 0.680. The monoisotopic (exact) mass is 685 g/mol. The van der Waals surface area contributed by atoms with Crippen LogP contribution in [0.15, 0.2) is 24.3 Å². The Morgan fingerprint density at radius 3 is 1.78 bits per heavy atom. The average molecular weight is 685 g/mol. The van der Waals surface area contributed by atoms with Gasteiger partial charge < -0.3 is 19.3 Å². The molecular formula is C25H28F13NO6. The number of carboxylic acids is 1. The van der Waals surface area contributed by atoms with Gasteiger partial charge in [0.1, 0.15) is 12.4 Å². The maximum Gasteiger partial charge on any atom is 0.460 e. The van der Waals surface area contributed by atoms with E-state index in [4.69, 9.17) is 14.6 Å². The molecule has 0 aliphatic heterocycles. The van der Waals surface area contributed by atoms with E-state index >= 15 is 0 Å². The molecule has 1 amide bonds. The number of ether oxygens (including phenoxy) is 3. The fourth-order valence-electron chi connectivity index (χ4n) is 3.33. The van der Waals surface area contributed by atoms with Gasteiger partial charge in [-0.25, -0.2) is 9.59 Å². The largest absolute Gasteiger partial charge is 0.492 e.